The van der Waals surface area contributed by atoms with E-state index in [0.29, 0.717) is 6.42 Å². The maximum atomic E-state index is 12.0. The second-order valence-electron chi connectivity index (χ2n) is 4.90. The summed E-state index contributed by atoms with van der Waals surface area (Å²) >= 11 is 0. The van der Waals surface area contributed by atoms with Crippen LogP contribution in [0.3, 0.4) is 0 Å². The zero-order valence-corrected chi connectivity index (χ0v) is 10.2. The first kappa shape index (κ1) is 12.4. The van der Waals surface area contributed by atoms with E-state index in [1.807, 2.05) is 0 Å². The molecule has 2 rings (SSSR count). The van der Waals surface area contributed by atoms with Crippen LogP contribution >= 0.6 is 0 Å². The van der Waals surface area contributed by atoms with Crippen LogP contribution in [-0.2, 0) is 9.53 Å². The first-order valence-corrected chi connectivity index (χ1v) is 6.62. The third-order valence-corrected chi connectivity index (χ3v) is 3.68. The van der Waals surface area contributed by atoms with Gasteiger partial charge >= 0.3 is 0 Å². The summed E-state index contributed by atoms with van der Waals surface area (Å²) in [6.07, 6.45) is 6.73. The highest BCUT2D eigenvalue weighted by molar-refractivity contribution is 5.77. The maximum absolute atomic E-state index is 12.0. The van der Waals surface area contributed by atoms with Crippen LogP contribution in [0, 0.1) is 11.3 Å². The molecule has 0 spiro atoms. The fourth-order valence-corrected chi connectivity index (χ4v) is 2.66. The first-order chi connectivity index (χ1) is 8.31. The maximum Gasteiger partial charge on any atom is 0.223 e. The number of rotatable bonds is 3. The Kier molecular flexibility index (Phi) is 4.38. The minimum absolute atomic E-state index is 0.131. The van der Waals surface area contributed by atoms with Crippen molar-refractivity contribution >= 4 is 5.91 Å². The summed E-state index contributed by atoms with van der Waals surface area (Å²) in [6.45, 7) is 1.59. The average Bonchev–Trinajstić information content (AvgIpc) is 2.89. The van der Waals surface area contributed by atoms with Crippen LogP contribution in [0.5, 0.6) is 0 Å². The van der Waals surface area contributed by atoms with Gasteiger partial charge in [-0.3, -0.25) is 4.79 Å². The van der Waals surface area contributed by atoms with Gasteiger partial charge in [0.05, 0.1) is 12.2 Å². The van der Waals surface area contributed by atoms with Crippen molar-refractivity contribution in [2.45, 2.75) is 57.1 Å². The third-order valence-electron chi connectivity index (χ3n) is 3.68. The second kappa shape index (κ2) is 6.02. The minimum Gasteiger partial charge on any atom is -0.378 e. The minimum atomic E-state index is -0.194. The molecule has 4 heteroatoms. The zero-order chi connectivity index (χ0) is 12.1. The van der Waals surface area contributed by atoms with Crippen LogP contribution in [0.25, 0.3) is 0 Å². The number of carbonyl (C=O) groups is 1. The van der Waals surface area contributed by atoms with Gasteiger partial charge in [0.1, 0.15) is 6.04 Å². The van der Waals surface area contributed by atoms with Gasteiger partial charge in [0, 0.05) is 19.6 Å². The zero-order valence-electron chi connectivity index (χ0n) is 10.2. The third kappa shape index (κ3) is 3.19. The monoisotopic (exact) mass is 236 g/mol. The van der Waals surface area contributed by atoms with Gasteiger partial charge in [0.15, 0.2) is 0 Å². The summed E-state index contributed by atoms with van der Waals surface area (Å²) in [5.74, 6) is 0.131. The average molecular weight is 236 g/mol. The Morgan fingerprint density at radius 1 is 1.35 bits per heavy atom. The predicted molar refractivity (Wildman–Crippen MR) is 63.2 cm³/mol. The Hall–Kier alpha value is -1.08. The molecule has 2 unspecified atom stereocenters. The molecule has 0 N–H and O–H groups in total. The molecular weight excluding hydrogens is 216 g/mol. The standard InChI is InChI=1S/C13H20N2O2/c14-10-11-4-1-2-8-15(11)13(16)7-6-12-5-3-9-17-12/h11-12H,1-9H2. The van der Waals surface area contributed by atoms with Crippen LogP contribution in [0.2, 0.25) is 0 Å². The number of carbonyl (C=O) groups excluding carboxylic acids is 1. The van der Waals surface area contributed by atoms with E-state index in [4.69, 9.17) is 10.00 Å². The molecule has 2 aliphatic heterocycles. The van der Waals surface area contributed by atoms with Crippen molar-refractivity contribution in [2.24, 2.45) is 0 Å². The number of likely N-dealkylation sites (tertiary alicyclic amines) is 1. The van der Waals surface area contributed by atoms with Gasteiger partial charge in [-0.25, -0.2) is 0 Å². The highest BCUT2D eigenvalue weighted by atomic mass is 16.5. The molecule has 2 heterocycles. The van der Waals surface area contributed by atoms with E-state index in [1.165, 1.54) is 0 Å². The summed E-state index contributed by atoms with van der Waals surface area (Å²) in [6, 6.07) is 2.04. The molecule has 0 saturated carbocycles. The molecule has 4 nitrogen and oxygen atoms in total. The molecule has 0 aliphatic carbocycles. The van der Waals surface area contributed by atoms with Gasteiger partial charge in [-0.15, -0.1) is 0 Å². The summed E-state index contributed by atoms with van der Waals surface area (Å²) in [4.78, 5) is 13.8. The number of nitriles is 1. The lowest BCUT2D eigenvalue weighted by Crippen LogP contribution is -2.43. The SMILES string of the molecule is N#CC1CCCCN1C(=O)CCC1CCCO1. The normalized spacial score (nSPS) is 29.0. The first-order valence-electron chi connectivity index (χ1n) is 6.62. The van der Waals surface area contributed by atoms with Crippen molar-refractivity contribution in [3.63, 3.8) is 0 Å². The van der Waals surface area contributed by atoms with Crippen LogP contribution in [0.1, 0.15) is 44.9 Å². The van der Waals surface area contributed by atoms with Crippen molar-refractivity contribution in [2.75, 3.05) is 13.2 Å². The van der Waals surface area contributed by atoms with Gasteiger partial charge < -0.3 is 9.64 Å². The highest BCUT2D eigenvalue weighted by Crippen LogP contribution is 2.21. The number of nitrogens with zero attached hydrogens (tertiary/aromatic N) is 2. The van der Waals surface area contributed by atoms with E-state index < -0.39 is 0 Å². The molecule has 2 saturated heterocycles. The number of amides is 1. The van der Waals surface area contributed by atoms with Crippen LogP contribution in [0.4, 0.5) is 0 Å². The Labute approximate surface area is 103 Å². The van der Waals surface area contributed by atoms with Crippen molar-refractivity contribution in [3.8, 4) is 6.07 Å². The highest BCUT2D eigenvalue weighted by Gasteiger charge is 2.27. The topological polar surface area (TPSA) is 53.3 Å². The second-order valence-corrected chi connectivity index (χ2v) is 4.90. The van der Waals surface area contributed by atoms with Gasteiger partial charge in [0.25, 0.3) is 0 Å². The number of ether oxygens (including phenoxy) is 1. The van der Waals surface area contributed by atoms with Crippen molar-refractivity contribution in [1.29, 1.82) is 5.26 Å². The lowest BCUT2D eigenvalue weighted by molar-refractivity contribution is -0.134. The lowest BCUT2D eigenvalue weighted by Gasteiger charge is -2.31. The molecule has 2 atom stereocenters. The van der Waals surface area contributed by atoms with E-state index in [-0.39, 0.29) is 18.1 Å². The summed E-state index contributed by atoms with van der Waals surface area (Å²) in [5, 5.41) is 9.02. The molecule has 0 aromatic heterocycles. The van der Waals surface area contributed by atoms with E-state index in [9.17, 15) is 4.79 Å². The van der Waals surface area contributed by atoms with Crippen molar-refractivity contribution in [3.05, 3.63) is 0 Å². The van der Waals surface area contributed by atoms with E-state index >= 15 is 0 Å². The van der Waals surface area contributed by atoms with Gasteiger partial charge in [0.2, 0.25) is 5.91 Å². The molecule has 0 aromatic rings. The molecule has 0 radical (unpaired) electrons. The molecule has 17 heavy (non-hydrogen) atoms. The molecule has 2 fully saturated rings. The Bertz CT molecular complexity index is 305. The molecule has 1 amide bonds. The fourth-order valence-electron chi connectivity index (χ4n) is 2.66. The quantitative estimate of drug-likeness (QED) is 0.751. The van der Waals surface area contributed by atoms with Crippen LogP contribution < -0.4 is 0 Å². The molecule has 94 valence electrons. The van der Waals surface area contributed by atoms with Crippen molar-refractivity contribution in [1.82, 2.24) is 4.90 Å². The number of hydrogen-bond donors (Lipinski definition) is 0. The van der Waals surface area contributed by atoms with Crippen LogP contribution in [0.15, 0.2) is 0 Å². The van der Waals surface area contributed by atoms with E-state index in [1.54, 1.807) is 4.90 Å². The Balaban J connectivity index is 1.79. The molecule has 0 aromatic carbocycles. The Morgan fingerprint density at radius 3 is 2.94 bits per heavy atom. The van der Waals surface area contributed by atoms with Gasteiger partial charge in [-0.1, -0.05) is 0 Å². The fraction of sp³-hybridized carbons (Fsp3) is 0.846. The summed E-state index contributed by atoms with van der Waals surface area (Å²) in [5.41, 5.74) is 0. The predicted octanol–water partition coefficient (Wildman–Crippen LogP) is 1.85. The molecular formula is C13H20N2O2. The van der Waals surface area contributed by atoms with Crippen LogP contribution in [-0.4, -0.2) is 36.1 Å². The molecule has 2 aliphatic rings. The van der Waals surface area contributed by atoms with E-state index in [0.717, 1.165) is 51.7 Å². The van der Waals surface area contributed by atoms with Gasteiger partial charge in [-0.2, -0.15) is 5.26 Å². The molecule has 0 bridgehead atoms. The Morgan fingerprint density at radius 2 is 2.24 bits per heavy atom. The summed E-state index contributed by atoms with van der Waals surface area (Å²) < 4.78 is 5.51. The number of hydrogen-bond acceptors (Lipinski definition) is 3. The van der Waals surface area contributed by atoms with E-state index in [2.05, 4.69) is 6.07 Å². The van der Waals surface area contributed by atoms with Gasteiger partial charge in [-0.05, 0) is 38.5 Å². The lowest BCUT2D eigenvalue weighted by atomic mass is 10.0. The summed E-state index contributed by atoms with van der Waals surface area (Å²) in [7, 11) is 0. The van der Waals surface area contributed by atoms with Crippen molar-refractivity contribution < 1.29 is 9.53 Å². The smallest absolute Gasteiger partial charge is 0.223 e. The number of piperidine rings is 1. The largest absolute Gasteiger partial charge is 0.378 e.